The van der Waals surface area contributed by atoms with Crippen molar-refractivity contribution >= 4 is 13.3 Å². The molecule has 1 aromatic rings. The SMILES string of the molecule is C[C@@H]1OC(C)(C)C[C@H]1[Si](C)(C)c1ccccc1. The van der Waals surface area contributed by atoms with Gasteiger partial charge in [0.15, 0.2) is 0 Å². The van der Waals surface area contributed by atoms with Crippen molar-refractivity contribution in [3.63, 3.8) is 0 Å². The van der Waals surface area contributed by atoms with Crippen LogP contribution in [-0.2, 0) is 4.74 Å². The minimum absolute atomic E-state index is 0.0587. The number of rotatable bonds is 2. The van der Waals surface area contributed by atoms with Crippen molar-refractivity contribution in [3.8, 4) is 0 Å². The van der Waals surface area contributed by atoms with Gasteiger partial charge in [-0.1, -0.05) is 48.6 Å². The highest BCUT2D eigenvalue weighted by molar-refractivity contribution is 6.91. The van der Waals surface area contributed by atoms with Gasteiger partial charge in [0.1, 0.15) is 0 Å². The number of hydrogen-bond donors (Lipinski definition) is 0. The van der Waals surface area contributed by atoms with Gasteiger partial charge in [-0.25, -0.2) is 0 Å². The molecule has 1 fully saturated rings. The van der Waals surface area contributed by atoms with Crippen molar-refractivity contribution in [2.24, 2.45) is 0 Å². The first-order valence-electron chi connectivity index (χ1n) is 6.56. The van der Waals surface area contributed by atoms with E-state index in [1.807, 2.05) is 0 Å². The lowest BCUT2D eigenvalue weighted by Gasteiger charge is -2.32. The summed E-state index contributed by atoms with van der Waals surface area (Å²) in [6.07, 6.45) is 1.59. The Morgan fingerprint density at radius 3 is 2.24 bits per heavy atom. The Kier molecular flexibility index (Phi) is 3.21. The van der Waals surface area contributed by atoms with E-state index in [2.05, 4.69) is 64.2 Å². The van der Waals surface area contributed by atoms with Crippen LogP contribution in [0.25, 0.3) is 0 Å². The quantitative estimate of drug-likeness (QED) is 0.727. The third kappa shape index (κ3) is 2.48. The second-order valence-corrected chi connectivity index (χ2v) is 11.2. The summed E-state index contributed by atoms with van der Waals surface area (Å²) in [4.78, 5) is 0. The average molecular weight is 248 g/mol. The van der Waals surface area contributed by atoms with Gasteiger partial charge in [-0.05, 0) is 32.7 Å². The molecule has 0 aliphatic carbocycles. The van der Waals surface area contributed by atoms with Crippen molar-refractivity contribution in [1.29, 1.82) is 0 Å². The first-order chi connectivity index (χ1) is 7.83. The molecule has 0 saturated carbocycles. The summed E-state index contributed by atoms with van der Waals surface area (Å²) in [5, 5.41) is 1.55. The molecular formula is C15H24OSi. The Morgan fingerprint density at radius 1 is 1.18 bits per heavy atom. The normalized spacial score (nSPS) is 28.3. The smallest absolute Gasteiger partial charge is 0.0863 e. The van der Waals surface area contributed by atoms with E-state index in [1.165, 1.54) is 6.42 Å². The number of ether oxygens (including phenoxy) is 1. The topological polar surface area (TPSA) is 9.23 Å². The van der Waals surface area contributed by atoms with Crippen LogP contribution in [0.5, 0.6) is 0 Å². The van der Waals surface area contributed by atoms with Crippen LogP contribution in [0.1, 0.15) is 27.2 Å². The second-order valence-electron chi connectivity index (χ2n) is 6.48. The van der Waals surface area contributed by atoms with Gasteiger partial charge in [0.25, 0.3) is 0 Å². The molecule has 0 aromatic heterocycles. The minimum atomic E-state index is -1.42. The van der Waals surface area contributed by atoms with Crippen LogP contribution < -0.4 is 5.19 Å². The minimum Gasteiger partial charge on any atom is -0.373 e. The number of benzene rings is 1. The molecular weight excluding hydrogens is 224 g/mol. The summed E-state index contributed by atoms with van der Waals surface area (Å²) < 4.78 is 6.10. The first kappa shape index (κ1) is 12.8. The van der Waals surface area contributed by atoms with Gasteiger partial charge >= 0.3 is 0 Å². The lowest BCUT2D eigenvalue weighted by atomic mass is 10.1. The van der Waals surface area contributed by atoms with E-state index in [4.69, 9.17) is 4.74 Å². The van der Waals surface area contributed by atoms with Crippen LogP contribution in [-0.4, -0.2) is 19.8 Å². The molecule has 0 unspecified atom stereocenters. The van der Waals surface area contributed by atoms with Crippen LogP contribution in [0.15, 0.2) is 30.3 Å². The molecule has 1 aromatic carbocycles. The van der Waals surface area contributed by atoms with E-state index in [1.54, 1.807) is 5.19 Å². The van der Waals surface area contributed by atoms with E-state index in [-0.39, 0.29) is 5.60 Å². The van der Waals surface area contributed by atoms with Crippen molar-refractivity contribution in [1.82, 2.24) is 0 Å². The first-order valence-corrected chi connectivity index (χ1v) is 9.64. The summed E-state index contributed by atoms with van der Waals surface area (Å²) in [6, 6.07) is 11.0. The highest BCUT2D eigenvalue weighted by Crippen LogP contribution is 2.43. The third-order valence-electron chi connectivity index (χ3n) is 4.23. The van der Waals surface area contributed by atoms with Gasteiger partial charge < -0.3 is 4.74 Å². The van der Waals surface area contributed by atoms with Crippen LogP contribution in [0.4, 0.5) is 0 Å². The van der Waals surface area contributed by atoms with E-state index < -0.39 is 8.07 Å². The van der Waals surface area contributed by atoms with Gasteiger partial charge in [0, 0.05) is 0 Å². The highest BCUT2D eigenvalue weighted by Gasteiger charge is 2.46. The standard InChI is InChI=1S/C15H24OSi/c1-12-14(11-15(2,3)16-12)17(4,5)13-9-7-6-8-10-13/h6-10,12,14H,11H2,1-5H3/t12-,14+/m0/s1. The maximum absolute atomic E-state index is 6.10. The van der Waals surface area contributed by atoms with Crippen molar-refractivity contribution in [2.75, 3.05) is 0 Å². The molecule has 2 rings (SSSR count). The Balaban J connectivity index is 2.28. The zero-order chi connectivity index (χ0) is 12.7. The largest absolute Gasteiger partial charge is 0.373 e. The summed E-state index contributed by atoms with van der Waals surface area (Å²) >= 11 is 0. The van der Waals surface area contributed by atoms with E-state index in [0.29, 0.717) is 6.10 Å². The second kappa shape index (κ2) is 4.25. The predicted molar refractivity (Wildman–Crippen MR) is 76.6 cm³/mol. The van der Waals surface area contributed by atoms with E-state index in [0.717, 1.165) is 5.54 Å². The van der Waals surface area contributed by atoms with Crippen LogP contribution >= 0.6 is 0 Å². The Morgan fingerprint density at radius 2 is 1.76 bits per heavy atom. The molecule has 1 saturated heterocycles. The zero-order valence-corrected chi connectivity index (χ0v) is 12.7. The molecule has 0 radical (unpaired) electrons. The third-order valence-corrected chi connectivity index (χ3v) is 8.58. The molecule has 1 heterocycles. The Labute approximate surface area is 106 Å². The molecule has 1 aliphatic rings. The lowest BCUT2D eigenvalue weighted by molar-refractivity contribution is -0.00682. The summed E-state index contributed by atoms with van der Waals surface area (Å²) in [7, 11) is -1.42. The van der Waals surface area contributed by atoms with Crippen LogP contribution in [0.3, 0.4) is 0 Å². The predicted octanol–water partition coefficient (Wildman–Crippen LogP) is 3.56. The molecule has 94 valence electrons. The van der Waals surface area contributed by atoms with Crippen LogP contribution in [0, 0.1) is 0 Å². The molecule has 1 nitrogen and oxygen atoms in total. The summed E-state index contributed by atoms with van der Waals surface area (Å²) in [6.45, 7) is 11.7. The monoisotopic (exact) mass is 248 g/mol. The molecule has 0 spiro atoms. The Bertz CT molecular complexity index is 383. The van der Waals surface area contributed by atoms with Crippen molar-refractivity contribution in [3.05, 3.63) is 30.3 Å². The van der Waals surface area contributed by atoms with Crippen molar-refractivity contribution < 1.29 is 4.74 Å². The number of hydrogen-bond acceptors (Lipinski definition) is 1. The summed E-state index contributed by atoms with van der Waals surface area (Å²) in [5.74, 6) is 0. The highest BCUT2D eigenvalue weighted by atomic mass is 28.3. The zero-order valence-electron chi connectivity index (χ0n) is 11.7. The van der Waals surface area contributed by atoms with Crippen LogP contribution in [0.2, 0.25) is 18.6 Å². The van der Waals surface area contributed by atoms with Gasteiger partial charge in [-0.2, -0.15) is 0 Å². The maximum Gasteiger partial charge on any atom is 0.0863 e. The molecule has 0 amide bonds. The fourth-order valence-corrected chi connectivity index (χ4v) is 6.98. The lowest BCUT2D eigenvalue weighted by Crippen LogP contribution is -2.48. The molecule has 2 heteroatoms. The molecule has 0 bridgehead atoms. The fourth-order valence-electron chi connectivity index (χ4n) is 3.25. The molecule has 2 atom stereocenters. The van der Waals surface area contributed by atoms with E-state index >= 15 is 0 Å². The van der Waals surface area contributed by atoms with E-state index in [9.17, 15) is 0 Å². The molecule has 0 N–H and O–H groups in total. The van der Waals surface area contributed by atoms with Gasteiger partial charge in [0.2, 0.25) is 0 Å². The molecule has 1 aliphatic heterocycles. The summed E-state index contributed by atoms with van der Waals surface area (Å²) in [5.41, 5.74) is 0.781. The Hall–Kier alpha value is -0.603. The maximum atomic E-state index is 6.10. The van der Waals surface area contributed by atoms with Crippen molar-refractivity contribution in [2.45, 2.75) is 57.5 Å². The van der Waals surface area contributed by atoms with Gasteiger partial charge in [-0.3, -0.25) is 0 Å². The average Bonchev–Trinajstić information content (AvgIpc) is 2.54. The molecule has 17 heavy (non-hydrogen) atoms. The fraction of sp³-hybridized carbons (Fsp3) is 0.600. The van der Waals surface area contributed by atoms with Gasteiger partial charge in [0.05, 0.1) is 19.8 Å². The van der Waals surface area contributed by atoms with Gasteiger partial charge in [-0.15, -0.1) is 0 Å².